The molecule has 1 amide bonds. The molecule has 2 bridgehead atoms. The fourth-order valence-corrected chi connectivity index (χ4v) is 3.97. The van der Waals surface area contributed by atoms with Crippen molar-refractivity contribution in [3.8, 4) is 0 Å². The maximum absolute atomic E-state index is 12.2. The van der Waals surface area contributed by atoms with Crippen LogP contribution in [0.1, 0.15) is 47.0 Å². The van der Waals surface area contributed by atoms with Crippen LogP contribution in [0.5, 0.6) is 0 Å². The SMILES string of the molecule is CC(Br)C(=O)N1C(=N)C2(C)CC1CC(C)(C)C2. The smallest absolute Gasteiger partial charge is 0.241 e. The number of hydrogen-bond acceptors (Lipinski definition) is 2. The largest absolute Gasteiger partial charge is 0.296 e. The Hall–Kier alpha value is -0.380. The molecule has 3 unspecified atom stereocenters. The number of rotatable bonds is 1. The van der Waals surface area contributed by atoms with E-state index in [9.17, 15) is 4.79 Å². The highest BCUT2D eigenvalue weighted by molar-refractivity contribution is 9.10. The Morgan fingerprint density at radius 2 is 2.06 bits per heavy atom. The lowest BCUT2D eigenvalue weighted by atomic mass is 9.65. The van der Waals surface area contributed by atoms with Crippen molar-refractivity contribution in [2.24, 2.45) is 10.8 Å². The second-order valence-corrected chi connectivity index (χ2v) is 8.01. The number of hydrogen-bond donors (Lipinski definition) is 1. The molecule has 0 radical (unpaired) electrons. The highest BCUT2D eigenvalue weighted by Gasteiger charge is 2.55. The van der Waals surface area contributed by atoms with Crippen molar-refractivity contribution in [2.45, 2.75) is 57.8 Å². The van der Waals surface area contributed by atoms with Gasteiger partial charge in [-0.2, -0.15) is 0 Å². The molecule has 2 aliphatic rings. The number of amidine groups is 1. The van der Waals surface area contributed by atoms with Gasteiger partial charge < -0.3 is 0 Å². The summed E-state index contributed by atoms with van der Waals surface area (Å²) >= 11 is 3.33. The first kappa shape index (κ1) is 13.1. The molecule has 1 aliphatic heterocycles. The summed E-state index contributed by atoms with van der Waals surface area (Å²) in [6, 6.07) is 0.226. The number of nitrogens with zero attached hydrogens (tertiary/aromatic N) is 1. The Kier molecular flexibility index (Phi) is 2.92. The lowest BCUT2D eigenvalue weighted by molar-refractivity contribution is -0.127. The van der Waals surface area contributed by atoms with Crippen LogP contribution in [-0.2, 0) is 4.79 Å². The summed E-state index contributed by atoms with van der Waals surface area (Å²) in [7, 11) is 0. The second-order valence-electron chi connectivity index (χ2n) is 6.64. The van der Waals surface area contributed by atoms with Crippen LogP contribution in [0, 0.1) is 16.2 Å². The summed E-state index contributed by atoms with van der Waals surface area (Å²) in [5, 5.41) is 8.32. The Bertz CT molecular complexity index is 378. The van der Waals surface area contributed by atoms with E-state index in [2.05, 4.69) is 36.7 Å². The number of carbonyl (C=O) groups excluding carboxylic acids is 1. The van der Waals surface area contributed by atoms with Gasteiger partial charge in [-0.1, -0.05) is 36.7 Å². The summed E-state index contributed by atoms with van der Waals surface area (Å²) in [5.41, 5.74) is 0.124. The van der Waals surface area contributed by atoms with Gasteiger partial charge in [0.25, 0.3) is 0 Å². The first-order chi connectivity index (χ1) is 7.66. The van der Waals surface area contributed by atoms with Gasteiger partial charge in [0.15, 0.2) is 0 Å². The van der Waals surface area contributed by atoms with E-state index in [0.717, 1.165) is 19.3 Å². The van der Waals surface area contributed by atoms with Crippen molar-refractivity contribution in [2.75, 3.05) is 0 Å². The summed E-state index contributed by atoms with van der Waals surface area (Å²) in [5.74, 6) is 0.575. The van der Waals surface area contributed by atoms with Gasteiger partial charge in [-0.25, -0.2) is 0 Å². The third kappa shape index (κ3) is 2.05. The molecule has 1 saturated carbocycles. The fourth-order valence-electron chi connectivity index (χ4n) is 3.75. The molecule has 2 fully saturated rings. The van der Waals surface area contributed by atoms with Gasteiger partial charge in [-0.3, -0.25) is 15.1 Å². The van der Waals surface area contributed by atoms with E-state index in [1.807, 2.05) is 6.92 Å². The van der Waals surface area contributed by atoms with E-state index in [4.69, 9.17) is 5.41 Å². The quantitative estimate of drug-likeness (QED) is 0.743. The average Bonchev–Trinajstić information content (AvgIpc) is 2.31. The van der Waals surface area contributed by atoms with Crippen LogP contribution in [0.4, 0.5) is 0 Å². The predicted molar refractivity (Wildman–Crippen MR) is 72.5 cm³/mol. The third-order valence-electron chi connectivity index (χ3n) is 4.10. The molecule has 3 atom stereocenters. The van der Waals surface area contributed by atoms with Crippen LogP contribution >= 0.6 is 15.9 Å². The molecule has 0 aromatic carbocycles. The molecule has 4 heteroatoms. The van der Waals surface area contributed by atoms with Crippen LogP contribution in [0.2, 0.25) is 0 Å². The molecule has 0 aromatic heterocycles. The van der Waals surface area contributed by atoms with Crippen LogP contribution < -0.4 is 0 Å². The lowest BCUT2D eigenvalue weighted by Gasteiger charge is -2.38. The highest BCUT2D eigenvalue weighted by atomic mass is 79.9. The standard InChI is InChI=1S/C13H21BrN2O/c1-8(14)10(17)16-9-5-12(2,3)7-13(4,6-9)11(16)15/h8-9,15H,5-7H2,1-4H3. The average molecular weight is 301 g/mol. The zero-order valence-electron chi connectivity index (χ0n) is 11.0. The number of alkyl halides is 1. The molecule has 96 valence electrons. The van der Waals surface area contributed by atoms with Gasteiger partial charge in [0.1, 0.15) is 5.84 Å². The molecular formula is C13H21BrN2O. The molecule has 1 aliphatic carbocycles. The van der Waals surface area contributed by atoms with Crippen LogP contribution in [-0.4, -0.2) is 27.5 Å². The molecule has 1 N–H and O–H groups in total. The first-order valence-corrected chi connectivity index (χ1v) is 7.14. The molecule has 1 heterocycles. The molecule has 2 rings (SSSR count). The lowest BCUT2D eigenvalue weighted by Crippen LogP contribution is -2.42. The summed E-state index contributed by atoms with van der Waals surface area (Å²) < 4.78 is 0. The van der Waals surface area contributed by atoms with E-state index in [1.165, 1.54) is 0 Å². The van der Waals surface area contributed by atoms with Crippen molar-refractivity contribution in [3.63, 3.8) is 0 Å². The van der Waals surface area contributed by atoms with E-state index >= 15 is 0 Å². The predicted octanol–water partition coefficient (Wildman–Crippen LogP) is 3.17. The number of fused-ring (bicyclic) bond motifs is 2. The minimum Gasteiger partial charge on any atom is -0.296 e. The van der Waals surface area contributed by atoms with E-state index in [1.54, 1.807) is 4.90 Å². The maximum Gasteiger partial charge on any atom is 0.241 e. The molecule has 0 aromatic rings. The number of amides is 1. The topological polar surface area (TPSA) is 44.2 Å². The van der Waals surface area contributed by atoms with Crippen LogP contribution in [0.15, 0.2) is 0 Å². The van der Waals surface area contributed by atoms with Crippen LogP contribution in [0.3, 0.4) is 0 Å². The second kappa shape index (κ2) is 3.81. The highest BCUT2D eigenvalue weighted by Crippen LogP contribution is 2.53. The number of nitrogens with one attached hydrogen (secondary N) is 1. The van der Waals surface area contributed by atoms with Crippen molar-refractivity contribution < 1.29 is 4.79 Å². The van der Waals surface area contributed by atoms with Gasteiger partial charge in [-0.05, 0) is 31.6 Å². The molecular weight excluding hydrogens is 280 g/mol. The van der Waals surface area contributed by atoms with Gasteiger partial charge in [0.2, 0.25) is 5.91 Å². The van der Waals surface area contributed by atoms with Crippen molar-refractivity contribution in [1.82, 2.24) is 4.90 Å². The Labute approximate surface area is 112 Å². The van der Waals surface area contributed by atoms with Gasteiger partial charge in [-0.15, -0.1) is 0 Å². The van der Waals surface area contributed by atoms with Gasteiger partial charge >= 0.3 is 0 Å². The zero-order chi connectivity index (χ0) is 13.0. The summed E-state index contributed by atoms with van der Waals surface area (Å²) in [6.45, 7) is 8.47. The number of carbonyl (C=O) groups is 1. The summed E-state index contributed by atoms with van der Waals surface area (Å²) in [4.78, 5) is 13.7. The van der Waals surface area contributed by atoms with Gasteiger partial charge in [0.05, 0.1) is 4.83 Å². The number of halogens is 1. The summed E-state index contributed by atoms with van der Waals surface area (Å²) in [6.07, 6.45) is 2.98. The molecule has 17 heavy (non-hydrogen) atoms. The molecule has 1 saturated heterocycles. The van der Waals surface area contributed by atoms with E-state index in [-0.39, 0.29) is 27.6 Å². The monoisotopic (exact) mass is 300 g/mol. The van der Waals surface area contributed by atoms with Crippen molar-refractivity contribution >= 4 is 27.7 Å². The van der Waals surface area contributed by atoms with E-state index in [0.29, 0.717) is 5.84 Å². The Balaban J connectivity index is 2.34. The van der Waals surface area contributed by atoms with Crippen LogP contribution in [0.25, 0.3) is 0 Å². The first-order valence-electron chi connectivity index (χ1n) is 6.22. The maximum atomic E-state index is 12.2. The number of likely N-dealkylation sites (tertiary alicyclic amines) is 1. The minimum absolute atomic E-state index is 0.0430. The van der Waals surface area contributed by atoms with Crippen molar-refractivity contribution in [1.29, 1.82) is 5.41 Å². The van der Waals surface area contributed by atoms with Crippen molar-refractivity contribution in [3.05, 3.63) is 0 Å². The van der Waals surface area contributed by atoms with Gasteiger partial charge in [0, 0.05) is 11.5 Å². The normalized spacial score (nSPS) is 37.1. The zero-order valence-corrected chi connectivity index (χ0v) is 12.6. The molecule has 3 nitrogen and oxygen atoms in total. The van der Waals surface area contributed by atoms with E-state index < -0.39 is 0 Å². The minimum atomic E-state index is -0.200. The molecule has 0 spiro atoms. The Morgan fingerprint density at radius 1 is 1.47 bits per heavy atom. The Morgan fingerprint density at radius 3 is 2.59 bits per heavy atom. The fraction of sp³-hybridized carbons (Fsp3) is 0.846. The third-order valence-corrected chi connectivity index (χ3v) is 4.49.